The molecule has 3 heteroatoms. The van der Waals surface area contributed by atoms with E-state index >= 15 is 0 Å². The van der Waals surface area contributed by atoms with Gasteiger partial charge in [0.15, 0.2) is 0 Å². The Bertz CT molecular complexity index is 307. The number of hydrogen-bond donors (Lipinski definition) is 1. The number of halogens is 1. The van der Waals surface area contributed by atoms with Gasteiger partial charge in [-0.05, 0) is 36.8 Å². The van der Waals surface area contributed by atoms with E-state index in [1.165, 1.54) is 30.6 Å². The van der Waals surface area contributed by atoms with Crippen LogP contribution in [-0.2, 0) is 0 Å². The van der Waals surface area contributed by atoms with Crippen LogP contribution in [0.2, 0.25) is 5.02 Å². The summed E-state index contributed by atoms with van der Waals surface area (Å²) in [4.78, 5) is 1.31. The smallest absolute Gasteiger partial charge is 0.0561 e. The van der Waals surface area contributed by atoms with Crippen molar-refractivity contribution in [1.29, 1.82) is 0 Å². The first-order valence-corrected chi connectivity index (χ1v) is 7.94. The van der Waals surface area contributed by atoms with Gasteiger partial charge in [0.25, 0.3) is 0 Å². The molecule has 0 bridgehead atoms. The Balaban J connectivity index is 2.70. The van der Waals surface area contributed by atoms with E-state index in [0.717, 1.165) is 17.5 Å². The minimum atomic E-state index is 0.437. The van der Waals surface area contributed by atoms with E-state index in [-0.39, 0.29) is 0 Å². The molecule has 0 saturated carbocycles. The van der Waals surface area contributed by atoms with Gasteiger partial charge in [0.05, 0.1) is 5.02 Å². The molecular weight excluding hydrogens is 250 g/mol. The van der Waals surface area contributed by atoms with Crippen LogP contribution < -0.4 is 5.32 Å². The van der Waals surface area contributed by atoms with Crippen LogP contribution in [0.15, 0.2) is 11.4 Å². The fourth-order valence-electron chi connectivity index (χ4n) is 2.11. The highest BCUT2D eigenvalue weighted by Gasteiger charge is 2.18. The first-order valence-electron chi connectivity index (χ1n) is 6.69. The van der Waals surface area contributed by atoms with Crippen molar-refractivity contribution in [2.75, 3.05) is 6.54 Å². The summed E-state index contributed by atoms with van der Waals surface area (Å²) in [5.41, 5.74) is 0. The Hall–Kier alpha value is -0.0500. The van der Waals surface area contributed by atoms with Crippen molar-refractivity contribution < 1.29 is 0 Å². The van der Waals surface area contributed by atoms with E-state index in [0.29, 0.717) is 6.04 Å². The largest absolute Gasteiger partial charge is 0.309 e. The summed E-state index contributed by atoms with van der Waals surface area (Å²) >= 11 is 8.03. The summed E-state index contributed by atoms with van der Waals surface area (Å²) in [6.07, 6.45) is 4.88. The molecule has 17 heavy (non-hydrogen) atoms. The Morgan fingerprint density at radius 3 is 2.47 bits per heavy atom. The van der Waals surface area contributed by atoms with Crippen molar-refractivity contribution in [1.82, 2.24) is 5.32 Å². The van der Waals surface area contributed by atoms with E-state index in [1.54, 1.807) is 11.3 Å². The lowest BCUT2D eigenvalue weighted by molar-refractivity contribution is 0.375. The second-order valence-corrected chi connectivity index (χ2v) is 5.91. The molecule has 1 unspecified atom stereocenters. The second-order valence-electron chi connectivity index (χ2n) is 4.56. The van der Waals surface area contributed by atoms with E-state index in [9.17, 15) is 0 Å². The molecule has 0 spiro atoms. The number of rotatable bonds is 8. The first kappa shape index (κ1) is 15.0. The Morgan fingerprint density at radius 2 is 2.00 bits per heavy atom. The van der Waals surface area contributed by atoms with Crippen molar-refractivity contribution >= 4 is 22.9 Å². The summed E-state index contributed by atoms with van der Waals surface area (Å²) in [6.45, 7) is 7.83. The minimum absolute atomic E-state index is 0.437. The maximum atomic E-state index is 6.25. The van der Waals surface area contributed by atoms with Crippen LogP contribution in [0.25, 0.3) is 0 Å². The SMILES string of the molecule is CCCNC(CC(CC)CC)c1sccc1Cl. The van der Waals surface area contributed by atoms with Gasteiger partial charge in [0.2, 0.25) is 0 Å². The van der Waals surface area contributed by atoms with Crippen LogP contribution >= 0.6 is 22.9 Å². The number of thiophene rings is 1. The molecule has 0 aliphatic heterocycles. The van der Waals surface area contributed by atoms with Crippen LogP contribution in [0.3, 0.4) is 0 Å². The highest BCUT2D eigenvalue weighted by Crippen LogP contribution is 2.33. The van der Waals surface area contributed by atoms with Crippen LogP contribution in [0, 0.1) is 5.92 Å². The molecule has 0 fully saturated rings. The molecule has 1 atom stereocenters. The molecule has 1 nitrogen and oxygen atoms in total. The van der Waals surface area contributed by atoms with Gasteiger partial charge in [-0.3, -0.25) is 0 Å². The van der Waals surface area contributed by atoms with Gasteiger partial charge in [-0.25, -0.2) is 0 Å². The molecule has 1 aromatic heterocycles. The maximum absolute atomic E-state index is 6.25. The van der Waals surface area contributed by atoms with Crippen LogP contribution in [-0.4, -0.2) is 6.54 Å². The Kier molecular flexibility index (Phi) is 7.17. The Labute approximate surface area is 115 Å². The van der Waals surface area contributed by atoms with Crippen molar-refractivity contribution in [2.24, 2.45) is 5.92 Å². The molecule has 0 saturated heterocycles. The standard InChI is InChI=1S/C14H24ClNS/c1-4-8-16-13(10-11(5-2)6-3)14-12(15)7-9-17-14/h7,9,11,13,16H,4-6,8,10H2,1-3H3. The van der Waals surface area contributed by atoms with Crippen molar-refractivity contribution in [3.8, 4) is 0 Å². The topological polar surface area (TPSA) is 12.0 Å². The highest BCUT2D eigenvalue weighted by atomic mass is 35.5. The van der Waals surface area contributed by atoms with Crippen LogP contribution in [0.4, 0.5) is 0 Å². The van der Waals surface area contributed by atoms with Crippen LogP contribution in [0.5, 0.6) is 0 Å². The van der Waals surface area contributed by atoms with E-state index in [1.807, 2.05) is 6.07 Å². The zero-order valence-electron chi connectivity index (χ0n) is 11.1. The van der Waals surface area contributed by atoms with Crippen molar-refractivity contribution in [2.45, 2.75) is 52.5 Å². The summed E-state index contributed by atoms with van der Waals surface area (Å²) in [6, 6.07) is 2.45. The van der Waals surface area contributed by atoms with Gasteiger partial charge in [0, 0.05) is 10.9 Å². The normalized spacial score (nSPS) is 13.2. The average Bonchev–Trinajstić information content (AvgIpc) is 2.76. The van der Waals surface area contributed by atoms with Gasteiger partial charge in [0.1, 0.15) is 0 Å². The molecular formula is C14H24ClNS. The molecule has 0 aromatic carbocycles. The zero-order chi connectivity index (χ0) is 12.7. The minimum Gasteiger partial charge on any atom is -0.309 e. The lowest BCUT2D eigenvalue weighted by Gasteiger charge is -2.22. The van der Waals surface area contributed by atoms with Gasteiger partial charge in [-0.2, -0.15) is 0 Å². The lowest BCUT2D eigenvalue weighted by atomic mass is 9.94. The van der Waals surface area contributed by atoms with Gasteiger partial charge in [-0.15, -0.1) is 11.3 Å². The predicted molar refractivity (Wildman–Crippen MR) is 79.1 cm³/mol. The molecule has 1 N–H and O–H groups in total. The first-order chi connectivity index (χ1) is 8.22. The second kappa shape index (κ2) is 8.12. The fourth-order valence-corrected chi connectivity index (χ4v) is 3.39. The molecule has 0 radical (unpaired) electrons. The molecule has 1 aromatic rings. The van der Waals surface area contributed by atoms with E-state index < -0.39 is 0 Å². The summed E-state index contributed by atoms with van der Waals surface area (Å²) < 4.78 is 0. The third kappa shape index (κ3) is 4.61. The quantitative estimate of drug-likeness (QED) is 0.680. The lowest BCUT2D eigenvalue weighted by Crippen LogP contribution is -2.24. The monoisotopic (exact) mass is 273 g/mol. The molecule has 1 heterocycles. The molecule has 0 aliphatic carbocycles. The van der Waals surface area contributed by atoms with Gasteiger partial charge in [-0.1, -0.05) is 45.2 Å². The summed E-state index contributed by atoms with van der Waals surface area (Å²) in [7, 11) is 0. The van der Waals surface area contributed by atoms with Gasteiger partial charge < -0.3 is 5.32 Å². The van der Waals surface area contributed by atoms with E-state index in [2.05, 4.69) is 31.5 Å². The maximum Gasteiger partial charge on any atom is 0.0561 e. The summed E-state index contributed by atoms with van der Waals surface area (Å²) in [5, 5.41) is 6.65. The van der Waals surface area contributed by atoms with Crippen molar-refractivity contribution in [3.05, 3.63) is 21.3 Å². The Morgan fingerprint density at radius 1 is 1.29 bits per heavy atom. The molecule has 98 valence electrons. The third-order valence-electron chi connectivity index (χ3n) is 3.33. The number of nitrogens with one attached hydrogen (secondary N) is 1. The predicted octanol–water partition coefficient (Wildman–Crippen LogP) is 5.27. The molecule has 0 aliphatic rings. The zero-order valence-corrected chi connectivity index (χ0v) is 12.7. The van der Waals surface area contributed by atoms with Gasteiger partial charge >= 0.3 is 0 Å². The number of hydrogen-bond acceptors (Lipinski definition) is 2. The van der Waals surface area contributed by atoms with Crippen molar-refractivity contribution in [3.63, 3.8) is 0 Å². The third-order valence-corrected chi connectivity index (χ3v) is 4.80. The fraction of sp³-hybridized carbons (Fsp3) is 0.714. The highest BCUT2D eigenvalue weighted by molar-refractivity contribution is 7.10. The molecule has 1 rings (SSSR count). The average molecular weight is 274 g/mol. The molecule has 0 amide bonds. The van der Waals surface area contributed by atoms with E-state index in [4.69, 9.17) is 11.6 Å². The van der Waals surface area contributed by atoms with Crippen LogP contribution in [0.1, 0.15) is 57.4 Å². The summed E-state index contributed by atoms with van der Waals surface area (Å²) in [5.74, 6) is 0.794.